The van der Waals surface area contributed by atoms with Crippen LogP contribution in [-0.2, 0) is 43.4 Å². The van der Waals surface area contributed by atoms with Crippen molar-refractivity contribution in [3.63, 3.8) is 0 Å². The second kappa shape index (κ2) is 16.3. The molecule has 0 atom stereocenters. The zero-order valence-corrected chi connectivity index (χ0v) is 30.9. The van der Waals surface area contributed by atoms with Crippen LogP contribution in [0.15, 0.2) is 142 Å². The zero-order valence-electron chi connectivity index (χ0n) is 28.5. The summed E-state index contributed by atoms with van der Waals surface area (Å²) >= 11 is 0. The van der Waals surface area contributed by atoms with Crippen LogP contribution in [0.5, 0.6) is 0 Å². The first-order valence-electron chi connectivity index (χ1n) is 15.8. The molecule has 0 spiro atoms. The van der Waals surface area contributed by atoms with Crippen LogP contribution in [-0.4, -0.2) is 62.3 Å². The standard InChI is InChI=1S/C37H36N2O9S3.H3N/c1-3-38(25-27-9-7-11-33(23-27)49(40,41)42)31-19-15-29(16-20-31)37(35-13-5-6-14-36(35)51(46,47)48)30-17-21-32(22-18-30)39(4-2)26-28-10-8-12-34(24-28)50(43,44)45;/h5-24H,3-4,25-26H2,1-2H3,(H2-,40,41,42,43,44,45,46,47,48);1H3. The highest BCUT2D eigenvalue weighted by Gasteiger charge is 2.20. The number of nitrogens with zero attached hydrogens (tertiary/aromatic N) is 2. The van der Waals surface area contributed by atoms with Crippen LogP contribution in [0.1, 0.15) is 36.1 Å². The molecule has 0 fully saturated rings. The summed E-state index contributed by atoms with van der Waals surface area (Å²) < 4.78 is 105. The van der Waals surface area contributed by atoms with Gasteiger partial charge in [0.15, 0.2) is 12.3 Å². The van der Waals surface area contributed by atoms with Crippen molar-refractivity contribution in [1.29, 1.82) is 0 Å². The van der Waals surface area contributed by atoms with Gasteiger partial charge in [-0.2, -0.15) is 16.8 Å². The molecule has 0 aromatic heterocycles. The average molecular weight is 766 g/mol. The highest BCUT2D eigenvalue weighted by Crippen LogP contribution is 2.35. The number of hydrogen-bond donors (Lipinski definition) is 3. The van der Waals surface area contributed by atoms with E-state index in [9.17, 15) is 38.9 Å². The molecule has 5 rings (SSSR count). The van der Waals surface area contributed by atoms with Gasteiger partial charge in [-0.05, 0) is 90.7 Å². The van der Waals surface area contributed by atoms with Crippen LogP contribution in [0, 0.1) is 0 Å². The van der Waals surface area contributed by atoms with Gasteiger partial charge >= 0.3 is 0 Å². The fourth-order valence-electron chi connectivity index (χ4n) is 5.87. The Morgan fingerprint density at radius 2 is 1.27 bits per heavy atom. The van der Waals surface area contributed by atoms with Gasteiger partial charge in [-0.1, -0.05) is 54.6 Å². The maximum atomic E-state index is 12.4. The molecule has 274 valence electrons. The predicted molar refractivity (Wildman–Crippen MR) is 199 cm³/mol. The van der Waals surface area contributed by atoms with Crippen molar-refractivity contribution in [3.8, 4) is 0 Å². The quantitative estimate of drug-likeness (QED) is 0.115. The van der Waals surface area contributed by atoms with Gasteiger partial charge in [0.25, 0.3) is 20.2 Å². The molecular formula is C37H39N3O9S3. The molecule has 52 heavy (non-hydrogen) atoms. The van der Waals surface area contributed by atoms with E-state index in [1.165, 1.54) is 36.4 Å². The van der Waals surface area contributed by atoms with E-state index in [0.717, 1.165) is 11.4 Å². The second-order valence-electron chi connectivity index (χ2n) is 11.7. The van der Waals surface area contributed by atoms with Crippen LogP contribution in [0.2, 0.25) is 0 Å². The summed E-state index contributed by atoms with van der Waals surface area (Å²) in [6, 6.07) is 25.5. The second-order valence-corrected chi connectivity index (χ2v) is 15.9. The summed E-state index contributed by atoms with van der Waals surface area (Å²) in [6.07, 6.45) is 7.36. The van der Waals surface area contributed by atoms with Gasteiger partial charge in [-0.15, -0.1) is 0 Å². The first-order valence-corrected chi connectivity index (χ1v) is 20.1. The maximum Gasteiger partial charge on any atom is 0.294 e. The van der Waals surface area contributed by atoms with Gasteiger partial charge < -0.3 is 15.6 Å². The number of anilines is 1. The normalized spacial score (nSPS) is 13.1. The van der Waals surface area contributed by atoms with Crippen LogP contribution in [0.4, 0.5) is 5.69 Å². The number of hydrogen-bond acceptors (Lipinski definition) is 9. The Balaban J connectivity index is 0.00000605. The van der Waals surface area contributed by atoms with Crippen LogP contribution in [0.3, 0.4) is 0 Å². The van der Waals surface area contributed by atoms with Gasteiger partial charge in [-0.3, -0.25) is 9.11 Å². The van der Waals surface area contributed by atoms with Crippen molar-refractivity contribution in [1.82, 2.24) is 6.15 Å². The van der Waals surface area contributed by atoms with E-state index in [4.69, 9.17) is 0 Å². The van der Waals surface area contributed by atoms with Crippen molar-refractivity contribution in [2.45, 2.75) is 41.6 Å². The smallest absolute Gasteiger partial charge is 0.294 e. The first kappa shape index (κ1) is 40.0. The van der Waals surface area contributed by atoms with Gasteiger partial charge in [0.2, 0.25) is 0 Å². The molecule has 1 aliphatic rings. The molecule has 0 amide bonds. The predicted octanol–water partition coefficient (Wildman–Crippen LogP) is 5.87. The molecule has 0 radical (unpaired) electrons. The number of rotatable bonds is 12. The molecule has 5 N–H and O–H groups in total. The van der Waals surface area contributed by atoms with E-state index in [1.807, 2.05) is 71.9 Å². The topological polar surface area (TPSA) is 207 Å². The van der Waals surface area contributed by atoms with Gasteiger partial charge in [0.1, 0.15) is 16.7 Å². The third kappa shape index (κ3) is 9.57. The van der Waals surface area contributed by atoms with E-state index in [1.54, 1.807) is 36.4 Å². The molecule has 0 aliphatic heterocycles. The minimum atomic E-state index is -4.85. The minimum Gasteiger partial charge on any atom is -0.744 e. The lowest BCUT2D eigenvalue weighted by atomic mass is 9.90. The molecule has 0 saturated carbocycles. The summed E-state index contributed by atoms with van der Waals surface area (Å²) in [7, 11) is -13.6. The largest absolute Gasteiger partial charge is 0.744 e. The molecule has 0 heterocycles. The van der Waals surface area contributed by atoms with Crippen LogP contribution in [0.25, 0.3) is 5.57 Å². The van der Waals surface area contributed by atoms with Crippen LogP contribution < -0.4 is 11.1 Å². The maximum absolute atomic E-state index is 12.4. The summed E-state index contributed by atoms with van der Waals surface area (Å²) in [5.41, 5.74) is 4.97. The third-order valence-corrected chi connectivity index (χ3v) is 11.0. The number of benzene rings is 4. The average Bonchev–Trinajstić information content (AvgIpc) is 3.10. The zero-order chi connectivity index (χ0) is 37.0. The van der Waals surface area contributed by atoms with Crippen molar-refractivity contribution in [3.05, 3.63) is 149 Å². The van der Waals surface area contributed by atoms with Crippen molar-refractivity contribution < 1.29 is 43.5 Å². The van der Waals surface area contributed by atoms with Crippen molar-refractivity contribution >= 4 is 47.3 Å². The Morgan fingerprint density at radius 3 is 1.81 bits per heavy atom. The molecule has 12 nitrogen and oxygen atoms in total. The Hall–Kier alpha value is -4.74. The Morgan fingerprint density at radius 1 is 0.712 bits per heavy atom. The highest BCUT2D eigenvalue weighted by atomic mass is 32.2. The molecule has 1 aliphatic carbocycles. The molecule has 15 heteroatoms. The summed E-state index contributed by atoms with van der Waals surface area (Å²) in [6.45, 7) is 5.72. The SMILES string of the molecule is CCN(Cc1cccc(S(=O)(=O)O)c1)c1ccc(C(=C2C=CC(=[N+](CC)Cc3cccc(S(=O)(=O)O)c3)C=C2)c2ccccc2S(=O)(=O)[O-])cc1.N. The summed E-state index contributed by atoms with van der Waals surface area (Å²) in [5, 5.41) is 0. The Bertz CT molecular complexity index is 2400. The van der Waals surface area contributed by atoms with Crippen molar-refractivity contribution in [2.75, 3.05) is 18.0 Å². The lowest BCUT2D eigenvalue weighted by molar-refractivity contribution is -0.539. The fraction of sp³-hybridized carbons (Fsp3) is 0.162. The van der Waals surface area contributed by atoms with Gasteiger partial charge in [-0.25, -0.2) is 13.0 Å². The molecule has 4 aromatic carbocycles. The Kier molecular flexibility index (Phi) is 12.5. The van der Waals surface area contributed by atoms with Gasteiger partial charge in [0, 0.05) is 42.1 Å². The lowest BCUT2D eigenvalue weighted by Gasteiger charge is -2.24. The van der Waals surface area contributed by atoms with E-state index < -0.39 is 30.4 Å². The molecule has 0 bridgehead atoms. The minimum absolute atomic E-state index is 0. The highest BCUT2D eigenvalue weighted by molar-refractivity contribution is 7.86. The lowest BCUT2D eigenvalue weighted by Crippen LogP contribution is -2.22. The Labute approximate surface area is 304 Å². The van der Waals surface area contributed by atoms with E-state index in [-0.39, 0.29) is 26.4 Å². The molecule has 4 aromatic rings. The summed E-state index contributed by atoms with van der Waals surface area (Å²) in [4.78, 5) is 1.24. The third-order valence-electron chi connectivity index (χ3n) is 8.37. The molecule has 0 unspecified atom stereocenters. The van der Waals surface area contributed by atoms with Crippen LogP contribution >= 0.6 is 0 Å². The van der Waals surface area contributed by atoms with Crippen molar-refractivity contribution in [2.24, 2.45) is 0 Å². The molecular weight excluding hydrogens is 727 g/mol. The molecule has 0 saturated heterocycles. The first-order chi connectivity index (χ1) is 24.1. The van der Waals surface area contributed by atoms with E-state index in [2.05, 4.69) is 0 Å². The van der Waals surface area contributed by atoms with E-state index >= 15 is 0 Å². The van der Waals surface area contributed by atoms with Gasteiger partial charge in [0.05, 0.1) is 14.7 Å². The monoisotopic (exact) mass is 765 g/mol. The fourth-order valence-corrected chi connectivity index (χ4v) is 7.65. The number of allylic oxidation sites excluding steroid dienone is 5. The van der Waals surface area contributed by atoms with E-state index in [0.29, 0.717) is 54.0 Å². The summed E-state index contributed by atoms with van der Waals surface area (Å²) in [5.74, 6) is 0.